The molecule has 1 amide bonds. The summed E-state index contributed by atoms with van der Waals surface area (Å²) in [4.78, 5) is 14.9. The molecule has 2 saturated heterocycles. The van der Waals surface area contributed by atoms with Crippen molar-refractivity contribution >= 4 is 23.2 Å². The summed E-state index contributed by atoms with van der Waals surface area (Å²) in [6, 6.07) is 12.7. The molecule has 0 spiro atoms. The molecule has 7 rings (SSSR count). The van der Waals surface area contributed by atoms with Gasteiger partial charge in [-0.2, -0.15) is 0 Å². The van der Waals surface area contributed by atoms with Gasteiger partial charge in [-0.1, -0.05) is 41.9 Å². The third-order valence-corrected chi connectivity index (χ3v) is 9.10. The Labute approximate surface area is 230 Å². The van der Waals surface area contributed by atoms with Crippen LogP contribution in [-0.2, 0) is 12.0 Å². The van der Waals surface area contributed by atoms with Crippen LogP contribution >= 0.6 is 11.6 Å². The average molecular weight is 552 g/mol. The average Bonchev–Trinajstić information content (AvgIpc) is 3.70. The number of ether oxygens (including phenoxy) is 2. The predicted octanol–water partition coefficient (Wildman–Crippen LogP) is 5.33. The van der Waals surface area contributed by atoms with Crippen LogP contribution in [0.3, 0.4) is 0 Å². The number of primary amides is 1. The molecular weight excluding hydrogens is 524 g/mol. The number of rotatable bonds is 4. The molecule has 0 saturated carbocycles. The Morgan fingerprint density at radius 3 is 2.69 bits per heavy atom. The van der Waals surface area contributed by atoms with Crippen molar-refractivity contribution in [2.24, 2.45) is 5.73 Å². The Morgan fingerprint density at radius 2 is 1.95 bits per heavy atom. The minimum atomic E-state index is -0.858. The maximum absolute atomic E-state index is 16.5. The lowest BCUT2D eigenvalue weighted by Crippen LogP contribution is -2.48. The smallest absolute Gasteiger partial charge is 0.249 e. The van der Waals surface area contributed by atoms with E-state index in [0.717, 1.165) is 44.3 Å². The number of carbonyl (C=O) groups excluding carboxylic acids is 1. The molecule has 2 fully saturated rings. The standard InChI is InChI=1S/C30H28ClF2N3O3/c31-26-20(32)13-22-19(14-30(39-22,23-9-4-10-35-23)16-6-2-1-3-7-16)24(26)25-18(29(34)37)12-21-28(27(25)33)38-15-17-8-5-11-36(17)21/h1-3,6-7,12-13,17,23,35H,4-5,8-11,14-15H2,(H2,34,37)/t17?,23-,30-/m0/s1. The van der Waals surface area contributed by atoms with E-state index in [1.165, 1.54) is 6.07 Å². The highest BCUT2D eigenvalue weighted by Gasteiger charge is 2.50. The van der Waals surface area contributed by atoms with Gasteiger partial charge in [-0.25, -0.2) is 8.78 Å². The minimum absolute atomic E-state index is 0.0351. The van der Waals surface area contributed by atoms with Gasteiger partial charge < -0.3 is 25.4 Å². The zero-order valence-electron chi connectivity index (χ0n) is 21.2. The Morgan fingerprint density at radius 1 is 1.13 bits per heavy atom. The van der Waals surface area contributed by atoms with Gasteiger partial charge in [0.2, 0.25) is 5.91 Å². The number of fused-ring (bicyclic) bond motifs is 4. The lowest BCUT2D eigenvalue weighted by molar-refractivity contribution is 0.0539. The van der Waals surface area contributed by atoms with E-state index >= 15 is 8.78 Å². The summed E-state index contributed by atoms with van der Waals surface area (Å²) < 4.78 is 44.5. The van der Waals surface area contributed by atoms with Crippen molar-refractivity contribution in [3.8, 4) is 22.6 Å². The fraction of sp³-hybridized carbons (Fsp3) is 0.367. The van der Waals surface area contributed by atoms with Crippen molar-refractivity contribution in [2.75, 3.05) is 24.6 Å². The maximum Gasteiger partial charge on any atom is 0.249 e. The molecule has 0 aromatic heterocycles. The Kier molecular flexibility index (Phi) is 5.75. The summed E-state index contributed by atoms with van der Waals surface area (Å²) in [6.45, 7) is 1.90. The predicted molar refractivity (Wildman–Crippen MR) is 145 cm³/mol. The van der Waals surface area contributed by atoms with Gasteiger partial charge in [0.25, 0.3) is 0 Å². The van der Waals surface area contributed by atoms with Gasteiger partial charge in [0.05, 0.1) is 28.4 Å². The van der Waals surface area contributed by atoms with Crippen molar-refractivity contribution in [3.63, 3.8) is 0 Å². The van der Waals surface area contributed by atoms with Crippen LogP contribution in [0.4, 0.5) is 14.5 Å². The monoisotopic (exact) mass is 551 g/mol. The van der Waals surface area contributed by atoms with E-state index in [4.69, 9.17) is 26.8 Å². The third kappa shape index (κ3) is 3.64. The van der Waals surface area contributed by atoms with Gasteiger partial charge in [0.15, 0.2) is 17.2 Å². The summed E-state index contributed by atoms with van der Waals surface area (Å²) in [6.07, 6.45) is 4.01. The number of nitrogens with two attached hydrogens (primary N) is 1. The molecule has 1 unspecified atom stereocenters. The molecule has 3 atom stereocenters. The van der Waals surface area contributed by atoms with Crippen molar-refractivity contribution in [2.45, 2.75) is 49.8 Å². The fourth-order valence-corrected chi connectivity index (χ4v) is 7.20. The maximum atomic E-state index is 16.5. The molecule has 0 bridgehead atoms. The molecular formula is C30H28ClF2N3O3. The molecule has 0 aliphatic carbocycles. The summed E-state index contributed by atoms with van der Waals surface area (Å²) >= 11 is 6.61. The molecule has 4 aliphatic rings. The first kappa shape index (κ1) is 24.7. The lowest BCUT2D eigenvalue weighted by Gasteiger charge is -2.35. The zero-order valence-corrected chi connectivity index (χ0v) is 22.0. The molecule has 6 nitrogen and oxygen atoms in total. The second-order valence-electron chi connectivity index (χ2n) is 10.8. The van der Waals surface area contributed by atoms with Crippen LogP contribution in [0.5, 0.6) is 11.5 Å². The molecule has 4 heterocycles. The number of anilines is 1. The fourth-order valence-electron chi connectivity index (χ4n) is 6.94. The molecule has 202 valence electrons. The Balaban J connectivity index is 1.45. The Bertz CT molecular complexity index is 1500. The molecule has 39 heavy (non-hydrogen) atoms. The van der Waals surface area contributed by atoms with Crippen LogP contribution in [0.15, 0.2) is 42.5 Å². The lowest BCUT2D eigenvalue weighted by atomic mass is 9.80. The van der Waals surface area contributed by atoms with Gasteiger partial charge in [0, 0.05) is 35.7 Å². The first-order valence-corrected chi connectivity index (χ1v) is 13.8. The largest absolute Gasteiger partial charge is 0.486 e. The van der Waals surface area contributed by atoms with E-state index < -0.39 is 23.1 Å². The number of hydrogen-bond donors (Lipinski definition) is 2. The molecule has 3 aromatic carbocycles. The summed E-state index contributed by atoms with van der Waals surface area (Å²) in [5, 5.41) is 3.26. The number of halogens is 3. The van der Waals surface area contributed by atoms with Crippen LogP contribution in [0.25, 0.3) is 11.1 Å². The van der Waals surface area contributed by atoms with E-state index in [2.05, 4.69) is 10.2 Å². The number of nitrogens with zero attached hydrogens (tertiary/aromatic N) is 1. The van der Waals surface area contributed by atoms with Gasteiger partial charge >= 0.3 is 0 Å². The molecule has 0 radical (unpaired) electrons. The van der Waals surface area contributed by atoms with Gasteiger partial charge in [-0.3, -0.25) is 4.79 Å². The number of carbonyl (C=O) groups is 1. The number of nitrogens with one attached hydrogen (secondary N) is 1. The summed E-state index contributed by atoms with van der Waals surface area (Å²) in [5.41, 5.74) is 6.80. The van der Waals surface area contributed by atoms with E-state index in [9.17, 15) is 4.79 Å². The van der Waals surface area contributed by atoms with Gasteiger partial charge in [-0.15, -0.1) is 0 Å². The van der Waals surface area contributed by atoms with Gasteiger partial charge in [0.1, 0.15) is 18.2 Å². The van der Waals surface area contributed by atoms with Gasteiger partial charge in [-0.05, 0) is 43.9 Å². The molecule has 3 aromatic rings. The highest BCUT2D eigenvalue weighted by atomic mass is 35.5. The van der Waals surface area contributed by atoms with Crippen LogP contribution in [0, 0.1) is 11.6 Å². The van der Waals surface area contributed by atoms with E-state index in [0.29, 0.717) is 24.3 Å². The Hall–Kier alpha value is -3.36. The van der Waals surface area contributed by atoms with Crippen molar-refractivity contribution < 1.29 is 23.0 Å². The number of hydrogen-bond acceptors (Lipinski definition) is 5. The minimum Gasteiger partial charge on any atom is -0.486 e. The highest BCUT2D eigenvalue weighted by Crippen LogP contribution is 2.54. The third-order valence-electron chi connectivity index (χ3n) is 8.73. The highest BCUT2D eigenvalue weighted by molar-refractivity contribution is 6.34. The number of amides is 1. The zero-order chi connectivity index (χ0) is 26.9. The van der Waals surface area contributed by atoms with E-state index in [1.807, 2.05) is 30.3 Å². The van der Waals surface area contributed by atoms with Crippen molar-refractivity contribution in [3.05, 3.63) is 75.8 Å². The first-order chi connectivity index (χ1) is 18.9. The second-order valence-corrected chi connectivity index (χ2v) is 11.2. The van der Waals surface area contributed by atoms with Crippen LogP contribution in [-0.4, -0.2) is 37.7 Å². The summed E-state index contributed by atoms with van der Waals surface area (Å²) in [7, 11) is 0. The topological polar surface area (TPSA) is 76.8 Å². The first-order valence-electron chi connectivity index (χ1n) is 13.4. The van der Waals surface area contributed by atoms with Crippen LogP contribution in [0.1, 0.15) is 47.2 Å². The molecule has 9 heteroatoms. The summed E-state index contributed by atoms with van der Waals surface area (Å²) in [5.74, 6) is -2.04. The van der Waals surface area contributed by atoms with Crippen molar-refractivity contribution in [1.82, 2.24) is 5.32 Å². The van der Waals surface area contributed by atoms with Crippen LogP contribution in [0.2, 0.25) is 5.02 Å². The van der Waals surface area contributed by atoms with E-state index in [1.54, 1.807) is 6.07 Å². The molecule has 3 N–H and O–H groups in total. The molecule has 4 aliphatic heterocycles. The second kappa shape index (κ2) is 9.10. The SMILES string of the molecule is NC(=O)c1cc2c(c(F)c1-c1c(Cl)c(F)cc3c1C[C@](c1ccccc1)([C@@H]1CCCN1)O3)OCC1CCCN21. The van der Waals surface area contributed by atoms with E-state index in [-0.39, 0.29) is 45.3 Å². The normalized spacial score (nSPS) is 25.1. The number of benzene rings is 3. The quantitative estimate of drug-likeness (QED) is 0.458. The van der Waals surface area contributed by atoms with Crippen molar-refractivity contribution in [1.29, 1.82) is 0 Å². The van der Waals surface area contributed by atoms with Crippen LogP contribution < -0.4 is 25.4 Å².